The van der Waals surface area contributed by atoms with E-state index < -0.39 is 0 Å². The van der Waals surface area contributed by atoms with Crippen molar-refractivity contribution in [2.45, 2.75) is 64.2 Å². The van der Waals surface area contributed by atoms with Gasteiger partial charge in [-0.05, 0) is 33.6 Å². The van der Waals surface area contributed by atoms with Crippen LogP contribution < -0.4 is 16.1 Å². The maximum Gasteiger partial charge on any atom is 0.252 e. The molecule has 0 aromatic carbocycles. The molecule has 3 N–H and O–H groups in total. The lowest BCUT2D eigenvalue weighted by atomic mass is 10.00. The number of rotatable bonds is 2. The van der Waals surface area contributed by atoms with E-state index in [1.54, 1.807) is 0 Å². The molecule has 2 heterocycles. The largest absolute Gasteiger partial charge is 0.311 e. The summed E-state index contributed by atoms with van der Waals surface area (Å²) in [5, 5.41) is 8.75. The number of amides is 1. The average Bonchev–Trinajstić information content (AvgIpc) is 2.34. The molecule has 1 amide bonds. The number of hydrazine groups is 1. The number of nitrogens with zero attached hydrogens (tertiary/aromatic N) is 1. The predicted octanol–water partition coefficient (Wildman–Crippen LogP) is 0.230. The molecule has 4 unspecified atom stereocenters. The fourth-order valence-corrected chi connectivity index (χ4v) is 2.81. The summed E-state index contributed by atoms with van der Waals surface area (Å²) in [6, 6.07) is 1.21. The van der Waals surface area contributed by atoms with Crippen molar-refractivity contribution in [1.29, 1.82) is 0 Å². The normalized spacial score (nSPS) is 38.4. The van der Waals surface area contributed by atoms with Crippen LogP contribution in [0.25, 0.3) is 0 Å². The minimum Gasteiger partial charge on any atom is -0.311 e. The first kappa shape index (κ1) is 13.8. The Morgan fingerprint density at radius 3 is 2.33 bits per heavy atom. The first-order chi connectivity index (χ1) is 8.58. The third kappa shape index (κ3) is 3.22. The standard InChI is InChI=1S/C13H26N4O/c1-9-7-15-12(8-14-9)13(18)16-17-10(2)5-4-6-11(17)3/h9-12,14-15H,4-8H2,1-3H3,(H,16,18). The highest BCUT2D eigenvalue weighted by Crippen LogP contribution is 2.20. The molecule has 0 spiro atoms. The van der Waals surface area contributed by atoms with Gasteiger partial charge in [-0.3, -0.25) is 10.2 Å². The zero-order chi connectivity index (χ0) is 13.1. The topological polar surface area (TPSA) is 56.4 Å². The molecule has 104 valence electrons. The lowest BCUT2D eigenvalue weighted by molar-refractivity contribution is -0.131. The van der Waals surface area contributed by atoms with Gasteiger partial charge in [0.1, 0.15) is 6.04 Å². The maximum atomic E-state index is 12.2. The highest BCUT2D eigenvalue weighted by Gasteiger charge is 2.29. The highest BCUT2D eigenvalue weighted by molar-refractivity contribution is 5.81. The summed E-state index contributed by atoms with van der Waals surface area (Å²) in [7, 11) is 0. The molecule has 0 aromatic heterocycles. The molecule has 5 heteroatoms. The summed E-state index contributed by atoms with van der Waals surface area (Å²) in [6.07, 6.45) is 3.59. The van der Waals surface area contributed by atoms with Crippen LogP contribution in [0, 0.1) is 0 Å². The first-order valence-corrected chi connectivity index (χ1v) is 7.13. The van der Waals surface area contributed by atoms with Gasteiger partial charge in [0.2, 0.25) is 0 Å². The summed E-state index contributed by atoms with van der Waals surface area (Å²) in [4.78, 5) is 12.2. The summed E-state index contributed by atoms with van der Waals surface area (Å²) in [5.41, 5.74) is 3.09. The number of hydrogen-bond acceptors (Lipinski definition) is 4. The average molecular weight is 254 g/mol. The van der Waals surface area contributed by atoms with Crippen LogP contribution >= 0.6 is 0 Å². The minimum absolute atomic E-state index is 0.0926. The Kier molecular flexibility index (Phi) is 4.59. The Morgan fingerprint density at radius 2 is 1.78 bits per heavy atom. The van der Waals surface area contributed by atoms with Gasteiger partial charge < -0.3 is 10.6 Å². The van der Waals surface area contributed by atoms with Gasteiger partial charge in [-0.25, -0.2) is 5.01 Å². The van der Waals surface area contributed by atoms with Crippen molar-refractivity contribution in [3.05, 3.63) is 0 Å². The van der Waals surface area contributed by atoms with E-state index in [9.17, 15) is 4.79 Å². The van der Waals surface area contributed by atoms with Gasteiger partial charge in [0.25, 0.3) is 5.91 Å². The smallest absolute Gasteiger partial charge is 0.252 e. The molecule has 4 atom stereocenters. The molecule has 0 aromatic rings. The van der Waals surface area contributed by atoms with Crippen molar-refractivity contribution < 1.29 is 4.79 Å². The van der Waals surface area contributed by atoms with Crippen LogP contribution in [0.4, 0.5) is 0 Å². The molecule has 0 saturated carbocycles. The van der Waals surface area contributed by atoms with Crippen LogP contribution in [0.3, 0.4) is 0 Å². The quantitative estimate of drug-likeness (QED) is 0.660. The van der Waals surface area contributed by atoms with Gasteiger partial charge in [0, 0.05) is 31.2 Å². The third-order valence-corrected chi connectivity index (χ3v) is 4.09. The zero-order valence-electron chi connectivity index (χ0n) is 11.7. The summed E-state index contributed by atoms with van der Waals surface area (Å²) >= 11 is 0. The van der Waals surface area contributed by atoms with Crippen molar-refractivity contribution in [3.8, 4) is 0 Å². The Labute approximate surface area is 110 Å². The summed E-state index contributed by atoms with van der Waals surface area (Å²) in [5.74, 6) is 0.0926. The summed E-state index contributed by atoms with van der Waals surface area (Å²) < 4.78 is 0. The van der Waals surface area contributed by atoms with Crippen LogP contribution in [0.15, 0.2) is 0 Å². The van der Waals surface area contributed by atoms with Crippen LogP contribution in [0.2, 0.25) is 0 Å². The molecule has 0 radical (unpaired) electrons. The molecule has 2 aliphatic heterocycles. The SMILES string of the molecule is CC1CNC(C(=O)NN2C(C)CCCC2C)CN1. The number of carbonyl (C=O) groups is 1. The fourth-order valence-electron chi connectivity index (χ4n) is 2.81. The maximum absolute atomic E-state index is 12.2. The van der Waals surface area contributed by atoms with Crippen molar-refractivity contribution in [2.75, 3.05) is 13.1 Å². The van der Waals surface area contributed by atoms with E-state index in [1.807, 2.05) is 0 Å². The van der Waals surface area contributed by atoms with Gasteiger partial charge in [-0.15, -0.1) is 0 Å². The predicted molar refractivity (Wildman–Crippen MR) is 72.0 cm³/mol. The molecule has 18 heavy (non-hydrogen) atoms. The second-order valence-electron chi connectivity index (χ2n) is 5.78. The molecule has 2 fully saturated rings. The van der Waals surface area contributed by atoms with E-state index in [-0.39, 0.29) is 11.9 Å². The monoisotopic (exact) mass is 254 g/mol. The van der Waals surface area contributed by atoms with Crippen molar-refractivity contribution >= 4 is 5.91 Å². The van der Waals surface area contributed by atoms with Crippen molar-refractivity contribution in [2.24, 2.45) is 0 Å². The number of hydrogen-bond donors (Lipinski definition) is 3. The van der Waals surface area contributed by atoms with Crippen LogP contribution in [-0.4, -0.2) is 48.2 Å². The van der Waals surface area contributed by atoms with E-state index in [0.717, 1.165) is 19.4 Å². The molecule has 0 aliphatic carbocycles. The fraction of sp³-hybridized carbons (Fsp3) is 0.923. The molecular weight excluding hydrogens is 228 g/mol. The van der Waals surface area contributed by atoms with Gasteiger partial charge >= 0.3 is 0 Å². The highest BCUT2D eigenvalue weighted by atomic mass is 16.2. The van der Waals surface area contributed by atoms with E-state index in [0.29, 0.717) is 24.7 Å². The van der Waals surface area contributed by atoms with Crippen molar-refractivity contribution in [3.63, 3.8) is 0 Å². The van der Waals surface area contributed by atoms with E-state index >= 15 is 0 Å². The molecule has 5 nitrogen and oxygen atoms in total. The molecule has 0 bridgehead atoms. The Bertz CT molecular complexity index is 279. The van der Waals surface area contributed by atoms with E-state index in [4.69, 9.17) is 0 Å². The van der Waals surface area contributed by atoms with Gasteiger partial charge in [0.05, 0.1) is 0 Å². The first-order valence-electron chi connectivity index (χ1n) is 7.13. The zero-order valence-corrected chi connectivity index (χ0v) is 11.7. The van der Waals surface area contributed by atoms with Crippen LogP contribution in [-0.2, 0) is 4.79 Å². The van der Waals surface area contributed by atoms with Crippen LogP contribution in [0.1, 0.15) is 40.0 Å². The van der Waals surface area contributed by atoms with Gasteiger partial charge in [0.15, 0.2) is 0 Å². The van der Waals surface area contributed by atoms with Gasteiger partial charge in [-0.1, -0.05) is 6.42 Å². The lowest BCUT2D eigenvalue weighted by Gasteiger charge is -2.40. The van der Waals surface area contributed by atoms with Crippen LogP contribution in [0.5, 0.6) is 0 Å². The third-order valence-electron chi connectivity index (χ3n) is 4.09. The lowest BCUT2D eigenvalue weighted by Crippen LogP contribution is -2.63. The molecular formula is C13H26N4O. The molecule has 2 aliphatic rings. The Hall–Kier alpha value is -0.650. The Balaban J connectivity index is 1.86. The summed E-state index contributed by atoms with van der Waals surface area (Å²) in [6.45, 7) is 8.05. The second kappa shape index (κ2) is 5.99. The Morgan fingerprint density at radius 1 is 1.11 bits per heavy atom. The van der Waals surface area contributed by atoms with Crippen molar-refractivity contribution in [1.82, 2.24) is 21.1 Å². The van der Waals surface area contributed by atoms with Gasteiger partial charge in [-0.2, -0.15) is 0 Å². The van der Waals surface area contributed by atoms with E-state index in [1.165, 1.54) is 6.42 Å². The number of piperazine rings is 1. The van der Waals surface area contributed by atoms with E-state index in [2.05, 4.69) is 41.8 Å². The number of carbonyl (C=O) groups excluding carboxylic acids is 1. The molecule has 2 saturated heterocycles. The minimum atomic E-state index is -0.109. The number of piperidine rings is 1. The number of nitrogens with one attached hydrogen (secondary N) is 3. The molecule has 2 rings (SSSR count). The second-order valence-corrected chi connectivity index (χ2v) is 5.78.